The molecule has 3 rings (SSSR count). The highest BCUT2D eigenvalue weighted by molar-refractivity contribution is 6.35. The number of carbonyl (C=O) groups excluding carboxylic acids is 2. The topological polar surface area (TPSA) is 79.3 Å². The fraction of sp³-hybridized carbons (Fsp3) is 0.565. The van der Waals surface area contributed by atoms with Crippen molar-refractivity contribution in [3.63, 3.8) is 0 Å². The Labute approximate surface area is 178 Å². The maximum absolute atomic E-state index is 13.3. The van der Waals surface area contributed by atoms with Gasteiger partial charge in [0.2, 0.25) is 0 Å². The first-order valence-electron chi connectivity index (χ1n) is 10.8. The van der Waals surface area contributed by atoms with Gasteiger partial charge in [0.25, 0.3) is 11.8 Å². The predicted octanol–water partition coefficient (Wildman–Crippen LogP) is 2.30. The van der Waals surface area contributed by atoms with Gasteiger partial charge in [0.1, 0.15) is 11.4 Å². The van der Waals surface area contributed by atoms with E-state index in [0.29, 0.717) is 56.1 Å². The molecule has 1 aromatic carbocycles. The van der Waals surface area contributed by atoms with Crippen LogP contribution in [-0.4, -0.2) is 73.3 Å². The summed E-state index contributed by atoms with van der Waals surface area (Å²) in [6, 6.07) is 7.37. The third-order valence-electron chi connectivity index (χ3n) is 5.58. The monoisotopic (exact) mass is 416 g/mol. The zero-order valence-corrected chi connectivity index (χ0v) is 17.9. The van der Waals surface area contributed by atoms with E-state index >= 15 is 0 Å². The minimum atomic E-state index is -0.264. The van der Waals surface area contributed by atoms with Gasteiger partial charge in [-0.1, -0.05) is 19.1 Å². The van der Waals surface area contributed by atoms with E-state index in [-0.39, 0.29) is 24.3 Å². The number of likely N-dealkylation sites (tertiary alicyclic amines) is 1. The highest BCUT2D eigenvalue weighted by atomic mass is 16.5. The Bertz CT molecular complexity index is 774. The van der Waals surface area contributed by atoms with E-state index in [4.69, 9.17) is 9.47 Å². The molecule has 7 heteroatoms. The quantitative estimate of drug-likeness (QED) is 0.466. The molecule has 0 spiro atoms. The average Bonchev–Trinajstić information content (AvgIpc) is 3.03. The molecule has 1 unspecified atom stereocenters. The fourth-order valence-electron chi connectivity index (χ4n) is 4.04. The van der Waals surface area contributed by atoms with Crippen LogP contribution in [0.1, 0.15) is 38.2 Å². The van der Waals surface area contributed by atoms with E-state index in [0.717, 1.165) is 25.0 Å². The van der Waals surface area contributed by atoms with Crippen LogP contribution in [-0.2, 0) is 14.3 Å². The lowest BCUT2D eigenvalue weighted by atomic mass is 9.97. The van der Waals surface area contributed by atoms with Gasteiger partial charge in [0.15, 0.2) is 0 Å². The third kappa shape index (κ3) is 4.84. The number of imide groups is 1. The fourth-order valence-corrected chi connectivity index (χ4v) is 4.04. The van der Waals surface area contributed by atoms with Crippen molar-refractivity contribution in [3.8, 4) is 5.75 Å². The first kappa shape index (κ1) is 22.3. The standard InChI is InChI=1S/C23H32N2O5/c1-3-13-30-19-9-7-18(8-10-19)20-21(24-11-4-6-17(15-24)16-26)23(28)25(22(20)27)12-5-14-29-2/h7-10,17,26H,3-6,11-16H2,1-2H3. The summed E-state index contributed by atoms with van der Waals surface area (Å²) in [5.74, 6) is 0.341. The Morgan fingerprint density at radius 1 is 1.13 bits per heavy atom. The summed E-state index contributed by atoms with van der Waals surface area (Å²) in [5, 5.41) is 9.62. The first-order chi connectivity index (χ1) is 14.6. The van der Waals surface area contributed by atoms with Crippen LogP contribution in [0.15, 0.2) is 30.0 Å². The summed E-state index contributed by atoms with van der Waals surface area (Å²) in [7, 11) is 1.60. The maximum atomic E-state index is 13.3. The predicted molar refractivity (Wildman–Crippen MR) is 114 cm³/mol. The number of piperidine rings is 1. The first-order valence-corrected chi connectivity index (χ1v) is 10.8. The number of ether oxygens (including phenoxy) is 2. The van der Waals surface area contributed by atoms with Crippen LogP contribution in [0.2, 0.25) is 0 Å². The summed E-state index contributed by atoms with van der Waals surface area (Å²) >= 11 is 0. The summed E-state index contributed by atoms with van der Waals surface area (Å²) in [5.41, 5.74) is 1.61. The summed E-state index contributed by atoms with van der Waals surface area (Å²) < 4.78 is 10.7. The second kappa shape index (κ2) is 10.6. The zero-order valence-electron chi connectivity index (χ0n) is 17.9. The number of rotatable bonds is 10. The molecule has 2 heterocycles. The molecule has 0 bridgehead atoms. The van der Waals surface area contributed by atoms with Crippen molar-refractivity contribution in [2.45, 2.75) is 32.6 Å². The van der Waals surface area contributed by atoms with E-state index < -0.39 is 0 Å². The molecule has 2 aliphatic heterocycles. The van der Waals surface area contributed by atoms with Crippen molar-refractivity contribution < 1.29 is 24.2 Å². The Balaban J connectivity index is 1.92. The third-order valence-corrected chi connectivity index (χ3v) is 5.58. The van der Waals surface area contributed by atoms with Gasteiger partial charge in [-0.25, -0.2) is 0 Å². The van der Waals surface area contributed by atoms with E-state index in [1.165, 1.54) is 4.90 Å². The maximum Gasteiger partial charge on any atom is 0.277 e. The molecule has 1 fully saturated rings. The van der Waals surface area contributed by atoms with Gasteiger partial charge in [0, 0.05) is 40.0 Å². The largest absolute Gasteiger partial charge is 0.494 e. The summed E-state index contributed by atoms with van der Waals surface area (Å²) in [6.45, 7) is 4.87. The molecular weight excluding hydrogens is 384 g/mol. The van der Waals surface area contributed by atoms with Crippen molar-refractivity contribution in [1.29, 1.82) is 0 Å². The number of aliphatic hydroxyl groups is 1. The summed E-state index contributed by atoms with van der Waals surface area (Å²) in [6.07, 6.45) is 3.33. The lowest BCUT2D eigenvalue weighted by molar-refractivity contribution is -0.137. The van der Waals surface area contributed by atoms with Crippen molar-refractivity contribution >= 4 is 17.4 Å². The van der Waals surface area contributed by atoms with E-state index in [9.17, 15) is 14.7 Å². The molecule has 1 atom stereocenters. The van der Waals surface area contributed by atoms with Crippen molar-refractivity contribution in [2.75, 3.05) is 46.6 Å². The number of benzene rings is 1. The normalized spacial score (nSPS) is 19.8. The second-order valence-corrected chi connectivity index (χ2v) is 7.84. The number of amides is 2. The number of carbonyl (C=O) groups is 2. The second-order valence-electron chi connectivity index (χ2n) is 7.84. The zero-order chi connectivity index (χ0) is 21.5. The van der Waals surface area contributed by atoms with Gasteiger partial charge in [-0.15, -0.1) is 0 Å². The molecule has 1 aromatic rings. The van der Waals surface area contributed by atoms with Gasteiger partial charge in [-0.2, -0.15) is 0 Å². The van der Waals surface area contributed by atoms with Gasteiger partial charge < -0.3 is 19.5 Å². The molecule has 0 radical (unpaired) electrons. The molecule has 0 aliphatic carbocycles. The van der Waals surface area contributed by atoms with Crippen LogP contribution in [0.25, 0.3) is 5.57 Å². The number of nitrogens with zero attached hydrogens (tertiary/aromatic N) is 2. The Morgan fingerprint density at radius 2 is 1.90 bits per heavy atom. The van der Waals surface area contributed by atoms with Crippen molar-refractivity contribution in [3.05, 3.63) is 35.5 Å². The SMILES string of the molecule is CCCOc1ccc(C2=C(N3CCCC(CO)C3)C(=O)N(CCCOC)C2=O)cc1. The van der Waals surface area contributed by atoms with E-state index in [2.05, 4.69) is 0 Å². The molecule has 0 aromatic heterocycles. The van der Waals surface area contributed by atoms with Gasteiger partial charge in [-0.05, 0) is 49.3 Å². The molecular formula is C23H32N2O5. The van der Waals surface area contributed by atoms with Crippen molar-refractivity contribution in [1.82, 2.24) is 9.80 Å². The van der Waals surface area contributed by atoms with Crippen LogP contribution in [0.4, 0.5) is 0 Å². The lowest BCUT2D eigenvalue weighted by Gasteiger charge is -2.34. The average molecular weight is 417 g/mol. The highest BCUT2D eigenvalue weighted by Crippen LogP contribution is 2.34. The number of hydrogen-bond acceptors (Lipinski definition) is 6. The van der Waals surface area contributed by atoms with Gasteiger partial charge in [0.05, 0.1) is 12.2 Å². The van der Waals surface area contributed by atoms with Crippen molar-refractivity contribution in [2.24, 2.45) is 5.92 Å². The molecule has 2 amide bonds. The van der Waals surface area contributed by atoms with E-state index in [1.807, 2.05) is 36.1 Å². The summed E-state index contributed by atoms with van der Waals surface area (Å²) in [4.78, 5) is 29.9. The Kier molecular flexibility index (Phi) is 7.87. The smallest absolute Gasteiger partial charge is 0.277 e. The van der Waals surface area contributed by atoms with Crippen LogP contribution >= 0.6 is 0 Å². The molecule has 1 N–H and O–H groups in total. The molecule has 1 saturated heterocycles. The van der Waals surface area contributed by atoms with Crippen LogP contribution in [0.5, 0.6) is 5.75 Å². The minimum Gasteiger partial charge on any atom is -0.494 e. The van der Waals surface area contributed by atoms with Gasteiger partial charge in [-0.3, -0.25) is 14.5 Å². The molecule has 7 nitrogen and oxygen atoms in total. The van der Waals surface area contributed by atoms with Gasteiger partial charge >= 0.3 is 0 Å². The van der Waals surface area contributed by atoms with Crippen LogP contribution in [0.3, 0.4) is 0 Å². The lowest BCUT2D eigenvalue weighted by Crippen LogP contribution is -2.40. The molecule has 164 valence electrons. The van der Waals surface area contributed by atoms with Crippen LogP contribution in [0, 0.1) is 5.92 Å². The molecule has 30 heavy (non-hydrogen) atoms. The number of methoxy groups -OCH3 is 1. The van der Waals surface area contributed by atoms with E-state index in [1.54, 1.807) is 7.11 Å². The highest BCUT2D eigenvalue weighted by Gasteiger charge is 2.42. The number of aliphatic hydroxyl groups excluding tert-OH is 1. The minimum absolute atomic E-state index is 0.0856. The number of hydrogen-bond donors (Lipinski definition) is 1. The molecule has 0 saturated carbocycles. The molecule has 2 aliphatic rings. The Hall–Kier alpha value is -2.38. The van der Waals surface area contributed by atoms with Crippen LogP contribution < -0.4 is 4.74 Å². The Morgan fingerprint density at radius 3 is 2.57 bits per heavy atom.